The van der Waals surface area contributed by atoms with Crippen molar-refractivity contribution >= 4 is 11.6 Å². The maximum atomic E-state index is 12.0. The molecule has 0 unspecified atom stereocenters. The summed E-state index contributed by atoms with van der Waals surface area (Å²) in [6.07, 6.45) is 7.99. The predicted molar refractivity (Wildman–Crippen MR) is 78.4 cm³/mol. The SMILES string of the molecule is CCc1ccc(C(=O)NN=C2CCCCCC2)cc1. The molecular formula is C16H22N2O. The molecule has 0 saturated heterocycles. The van der Waals surface area contributed by atoms with Gasteiger partial charge in [0.05, 0.1) is 0 Å². The van der Waals surface area contributed by atoms with Crippen molar-refractivity contribution < 1.29 is 4.79 Å². The third-order valence-corrected chi connectivity index (χ3v) is 3.62. The van der Waals surface area contributed by atoms with E-state index in [0.29, 0.717) is 5.56 Å². The molecule has 2 rings (SSSR count). The van der Waals surface area contributed by atoms with E-state index in [9.17, 15) is 4.79 Å². The first kappa shape index (κ1) is 13.8. The van der Waals surface area contributed by atoms with Crippen LogP contribution in [-0.2, 0) is 6.42 Å². The van der Waals surface area contributed by atoms with Gasteiger partial charge in [-0.15, -0.1) is 0 Å². The molecule has 0 aliphatic heterocycles. The molecule has 1 aliphatic rings. The number of hydrazone groups is 1. The Morgan fingerprint density at radius 2 is 1.74 bits per heavy atom. The lowest BCUT2D eigenvalue weighted by Crippen LogP contribution is -2.19. The van der Waals surface area contributed by atoms with Gasteiger partial charge in [-0.3, -0.25) is 4.79 Å². The average Bonchev–Trinajstić information content (AvgIpc) is 2.73. The van der Waals surface area contributed by atoms with Crippen molar-refractivity contribution in [1.29, 1.82) is 0 Å². The van der Waals surface area contributed by atoms with Crippen molar-refractivity contribution in [2.24, 2.45) is 5.10 Å². The van der Waals surface area contributed by atoms with Crippen LogP contribution in [0.3, 0.4) is 0 Å². The fraction of sp³-hybridized carbons (Fsp3) is 0.500. The molecule has 19 heavy (non-hydrogen) atoms. The summed E-state index contributed by atoms with van der Waals surface area (Å²) in [6, 6.07) is 7.71. The van der Waals surface area contributed by atoms with Crippen LogP contribution in [0.1, 0.15) is 61.4 Å². The van der Waals surface area contributed by atoms with Gasteiger partial charge in [-0.25, -0.2) is 5.43 Å². The van der Waals surface area contributed by atoms with Gasteiger partial charge in [0.2, 0.25) is 0 Å². The van der Waals surface area contributed by atoms with E-state index in [2.05, 4.69) is 17.5 Å². The highest BCUT2D eigenvalue weighted by Crippen LogP contribution is 2.14. The van der Waals surface area contributed by atoms with Gasteiger partial charge in [-0.1, -0.05) is 31.9 Å². The van der Waals surface area contributed by atoms with Crippen molar-refractivity contribution in [3.8, 4) is 0 Å². The lowest BCUT2D eigenvalue weighted by atomic mass is 10.1. The molecule has 0 aromatic heterocycles. The van der Waals surface area contributed by atoms with Crippen LogP contribution < -0.4 is 5.43 Å². The molecule has 1 fully saturated rings. The minimum absolute atomic E-state index is 0.112. The van der Waals surface area contributed by atoms with Gasteiger partial charge in [-0.05, 0) is 49.8 Å². The molecule has 0 radical (unpaired) electrons. The van der Waals surface area contributed by atoms with Crippen LogP contribution in [0, 0.1) is 0 Å². The number of hydrogen-bond acceptors (Lipinski definition) is 2. The second-order valence-electron chi connectivity index (χ2n) is 5.08. The third-order valence-electron chi connectivity index (χ3n) is 3.62. The lowest BCUT2D eigenvalue weighted by molar-refractivity contribution is 0.0954. The number of nitrogens with zero attached hydrogens (tertiary/aromatic N) is 1. The minimum atomic E-state index is -0.112. The molecule has 1 aromatic rings. The first-order valence-electron chi connectivity index (χ1n) is 7.24. The number of aryl methyl sites for hydroxylation is 1. The number of carbonyl (C=O) groups excluding carboxylic acids is 1. The molecule has 1 N–H and O–H groups in total. The smallest absolute Gasteiger partial charge is 0.267 e. The molecule has 3 nitrogen and oxygen atoms in total. The topological polar surface area (TPSA) is 41.5 Å². The summed E-state index contributed by atoms with van der Waals surface area (Å²) in [7, 11) is 0. The zero-order chi connectivity index (χ0) is 13.5. The van der Waals surface area contributed by atoms with Crippen molar-refractivity contribution in [3.05, 3.63) is 35.4 Å². The van der Waals surface area contributed by atoms with E-state index < -0.39 is 0 Å². The normalized spacial score (nSPS) is 15.7. The van der Waals surface area contributed by atoms with Gasteiger partial charge < -0.3 is 0 Å². The summed E-state index contributed by atoms with van der Waals surface area (Å²) in [4.78, 5) is 12.0. The van der Waals surface area contributed by atoms with Crippen LogP contribution in [0.15, 0.2) is 29.4 Å². The maximum Gasteiger partial charge on any atom is 0.271 e. The van der Waals surface area contributed by atoms with Crippen molar-refractivity contribution in [3.63, 3.8) is 0 Å². The van der Waals surface area contributed by atoms with Crippen LogP contribution >= 0.6 is 0 Å². The summed E-state index contributed by atoms with van der Waals surface area (Å²) in [5.41, 5.74) is 5.74. The molecule has 0 bridgehead atoms. The Morgan fingerprint density at radius 3 is 2.32 bits per heavy atom. The molecule has 0 atom stereocenters. The van der Waals surface area contributed by atoms with E-state index in [-0.39, 0.29) is 5.91 Å². The standard InChI is InChI=1S/C16H22N2O/c1-2-13-9-11-14(12-10-13)16(19)18-17-15-7-5-3-4-6-8-15/h9-12H,2-8H2,1H3,(H,18,19). The Hall–Kier alpha value is -1.64. The van der Waals surface area contributed by atoms with E-state index in [0.717, 1.165) is 25.0 Å². The molecule has 0 heterocycles. The first-order valence-corrected chi connectivity index (χ1v) is 7.24. The summed E-state index contributed by atoms with van der Waals surface area (Å²) < 4.78 is 0. The maximum absolute atomic E-state index is 12.0. The number of rotatable bonds is 3. The fourth-order valence-electron chi connectivity index (χ4n) is 2.33. The second-order valence-corrected chi connectivity index (χ2v) is 5.08. The van der Waals surface area contributed by atoms with Crippen LogP contribution in [0.5, 0.6) is 0 Å². The summed E-state index contributed by atoms with van der Waals surface area (Å²) in [5.74, 6) is -0.112. The van der Waals surface area contributed by atoms with Gasteiger partial charge in [0.15, 0.2) is 0 Å². The van der Waals surface area contributed by atoms with Crippen molar-refractivity contribution in [2.45, 2.75) is 51.9 Å². The monoisotopic (exact) mass is 258 g/mol. The van der Waals surface area contributed by atoms with Crippen LogP contribution in [0.25, 0.3) is 0 Å². The number of benzene rings is 1. The Bertz CT molecular complexity index is 438. The molecule has 3 heteroatoms. The first-order chi connectivity index (χ1) is 9.29. The Kier molecular flexibility index (Phi) is 5.13. The van der Waals surface area contributed by atoms with E-state index in [1.165, 1.54) is 31.2 Å². The highest BCUT2D eigenvalue weighted by Gasteiger charge is 2.08. The zero-order valence-electron chi connectivity index (χ0n) is 11.6. The van der Waals surface area contributed by atoms with Gasteiger partial charge in [0, 0.05) is 11.3 Å². The molecule has 1 amide bonds. The highest BCUT2D eigenvalue weighted by atomic mass is 16.2. The van der Waals surface area contributed by atoms with Gasteiger partial charge in [-0.2, -0.15) is 5.10 Å². The number of hydrogen-bond donors (Lipinski definition) is 1. The van der Waals surface area contributed by atoms with Crippen LogP contribution in [-0.4, -0.2) is 11.6 Å². The van der Waals surface area contributed by atoms with Crippen molar-refractivity contribution in [2.75, 3.05) is 0 Å². The van der Waals surface area contributed by atoms with Gasteiger partial charge in [0.25, 0.3) is 5.91 Å². The van der Waals surface area contributed by atoms with Crippen LogP contribution in [0.2, 0.25) is 0 Å². The minimum Gasteiger partial charge on any atom is -0.267 e. The Balaban J connectivity index is 1.94. The van der Waals surface area contributed by atoms with Gasteiger partial charge >= 0.3 is 0 Å². The lowest BCUT2D eigenvalue weighted by Gasteiger charge is -2.04. The molecule has 102 valence electrons. The van der Waals surface area contributed by atoms with Crippen molar-refractivity contribution in [1.82, 2.24) is 5.43 Å². The summed E-state index contributed by atoms with van der Waals surface area (Å²) >= 11 is 0. The molecule has 1 aliphatic carbocycles. The average molecular weight is 258 g/mol. The molecule has 1 aromatic carbocycles. The Morgan fingerprint density at radius 1 is 1.11 bits per heavy atom. The van der Waals surface area contributed by atoms with E-state index in [4.69, 9.17) is 0 Å². The number of amides is 1. The van der Waals surface area contributed by atoms with E-state index in [1.54, 1.807) is 0 Å². The van der Waals surface area contributed by atoms with E-state index in [1.807, 2.05) is 24.3 Å². The largest absolute Gasteiger partial charge is 0.271 e. The zero-order valence-corrected chi connectivity index (χ0v) is 11.6. The molecule has 1 saturated carbocycles. The Labute approximate surface area is 115 Å². The molecule has 0 spiro atoms. The summed E-state index contributed by atoms with van der Waals surface area (Å²) in [6.45, 7) is 2.10. The third kappa shape index (κ3) is 4.19. The van der Waals surface area contributed by atoms with Gasteiger partial charge in [0.1, 0.15) is 0 Å². The van der Waals surface area contributed by atoms with Crippen LogP contribution in [0.4, 0.5) is 0 Å². The second kappa shape index (κ2) is 7.07. The summed E-state index contributed by atoms with van der Waals surface area (Å²) in [5, 5.41) is 4.28. The highest BCUT2D eigenvalue weighted by molar-refractivity contribution is 5.95. The van der Waals surface area contributed by atoms with E-state index >= 15 is 0 Å². The molecular weight excluding hydrogens is 236 g/mol. The fourth-order valence-corrected chi connectivity index (χ4v) is 2.33. The quantitative estimate of drug-likeness (QED) is 0.652. The predicted octanol–water partition coefficient (Wildman–Crippen LogP) is 3.69. The number of nitrogens with one attached hydrogen (secondary N) is 1. The number of carbonyl (C=O) groups is 1.